The van der Waals surface area contributed by atoms with Gasteiger partial charge in [-0.25, -0.2) is 4.79 Å². The lowest BCUT2D eigenvalue weighted by Gasteiger charge is -2.45. The van der Waals surface area contributed by atoms with Gasteiger partial charge in [0.05, 0.1) is 48.8 Å². The Hall–Kier alpha value is -2.76. The second-order valence-electron chi connectivity index (χ2n) is 13.4. The van der Waals surface area contributed by atoms with Crippen LogP contribution < -0.4 is 5.73 Å². The Labute approximate surface area is 278 Å². The number of rotatable bonds is 3. The number of aliphatic hydroxyl groups excluding tert-OH is 4. The molecule has 14 heteroatoms. The summed E-state index contributed by atoms with van der Waals surface area (Å²) in [6.07, 6.45) is 3.31. The first kappa shape index (κ1) is 36.5. The van der Waals surface area contributed by atoms with E-state index in [1.165, 1.54) is 6.08 Å². The first-order chi connectivity index (χ1) is 22.7. The topological polar surface area (TPSA) is 231 Å². The molecule has 14 atom stereocenters. The van der Waals surface area contributed by atoms with E-state index >= 15 is 0 Å². The van der Waals surface area contributed by atoms with E-state index in [0.717, 1.165) is 11.1 Å². The summed E-state index contributed by atoms with van der Waals surface area (Å²) >= 11 is 0. The molecule has 6 aliphatic rings. The number of nitrogens with two attached hydrogens (primary N) is 1. The van der Waals surface area contributed by atoms with Crippen molar-refractivity contribution in [2.75, 3.05) is 0 Å². The van der Waals surface area contributed by atoms with Gasteiger partial charge in [0.15, 0.2) is 12.1 Å². The summed E-state index contributed by atoms with van der Waals surface area (Å²) in [6, 6.07) is -1.07. The third-order valence-corrected chi connectivity index (χ3v) is 9.33. The van der Waals surface area contributed by atoms with Crippen molar-refractivity contribution in [3.63, 3.8) is 0 Å². The SMILES string of the molecule is C[C@@H]1C/C=C2C=C(/C=C/C=C/[C@H](O[C@@H]3O[C@H](C)[C@@H](O)[C@H](N)[C@@H]3O)C[C@@H]3O[C@](O)(C[C@@H](O)C[C@@H]4O[C@@H]4/C=C/C(=O)O1)C[C@H](O)[C@H]3C(=O)O)C/2. The van der Waals surface area contributed by atoms with Crippen LogP contribution in [0, 0.1) is 5.92 Å². The average molecular weight is 678 g/mol. The number of carboxylic acid groups (broad SMARTS) is 1. The summed E-state index contributed by atoms with van der Waals surface area (Å²) in [7, 11) is 0. The Morgan fingerprint density at radius 2 is 1.73 bits per heavy atom. The number of allylic oxidation sites excluding steroid dienone is 6. The second-order valence-corrected chi connectivity index (χ2v) is 13.4. The van der Waals surface area contributed by atoms with Gasteiger partial charge in [0.25, 0.3) is 0 Å². The number of aliphatic hydroxyl groups is 5. The van der Waals surface area contributed by atoms with Crippen molar-refractivity contribution in [1.29, 1.82) is 0 Å². The zero-order chi connectivity index (χ0) is 34.7. The average Bonchev–Trinajstić information content (AvgIpc) is 3.71. The molecule has 0 saturated carbocycles. The van der Waals surface area contributed by atoms with Gasteiger partial charge in [-0.3, -0.25) is 4.79 Å². The van der Waals surface area contributed by atoms with Crippen LogP contribution in [0.4, 0.5) is 0 Å². The van der Waals surface area contributed by atoms with Gasteiger partial charge in [0, 0.05) is 38.2 Å². The molecule has 0 unspecified atom stereocenters. The highest BCUT2D eigenvalue weighted by atomic mass is 16.7. The predicted octanol–water partition coefficient (Wildman–Crippen LogP) is 0.264. The minimum Gasteiger partial charge on any atom is -0.481 e. The number of carboxylic acids is 1. The van der Waals surface area contributed by atoms with Crippen LogP contribution in [0.5, 0.6) is 0 Å². The van der Waals surface area contributed by atoms with Crippen molar-refractivity contribution >= 4 is 11.9 Å². The van der Waals surface area contributed by atoms with Crippen LogP contribution in [0.25, 0.3) is 0 Å². The molecule has 0 amide bonds. The molecule has 0 aromatic heterocycles. The zero-order valence-electron chi connectivity index (χ0n) is 27.0. The van der Waals surface area contributed by atoms with Gasteiger partial charge in [-0.2, -0.15) is 0 Å². The number of carbonyl (C=O) groups is 2. The minimum atomic E-state index is -2.10. The highest BCUT2D eigenvalue weighted by Crippen LogP contribution is 2.39. The molecule has 48 heavy (non-hydrogen) atoms. The fraction of sp³-hybridized carbons (Fsp3) is 0.647. The van der Waals surface area contributed by atoms with Crippen molar-refractivity contribution < 1.29 is 63.9 Å². The molecule has 5 heterocycles. The molecule has 1 aliphatic carbocycles. The third-order valence-electron chi connectivity index (χ3n) is 9.33. The maximum Gasteiger partial charge on any atom is 0.330 e. The lowest BCUT2D eigenvalue weighted by atomic mass is 9.83. The smallest absolute Gasteiger partial charge is 0.330 e. The molecule has 0 spiro atoms. The van der Waals surface area contributed by atoms with E-state index < -0.39 is 97.3 Å². The molecule has 6 rings (SSSR count). The molecule has 3 fully saturated rings. The Kier molecular flexibility index (Phi) is 11.7. The van der Waals surface area contributed by atoms with E-state index in [1.54, 1.807) is 38.2 Å². The normalized spacial score (nSPS) is 47.3. The van der Waals surface area contributed by atoms with Crippen molar-refractivity contribution in [3.05, 3.63) is 59.8 Å². The number of aliphatic carboxylic acids is 1. The van der Waals surface area contributed by atoms with Gasteiger partial charge >= 0.3 is 11.9 Å². The fourth-order valence-electron chi connectivity index (χ4n) is 6.58. The second kappa shape index (κ2) is 15.4. The summed E-state index contributed by atoms with van der Waals surface area (Å²) in [5.41, 5.74) is 8.13. The summed E-state index contributed by atoms with van der Waals surface area (Å²) < 4.78 is 28.7. The maximum absolute atomic E-state index is 12.3. The van der Waals surface area contributed by atoms with Crippen molar-refractivity contribution in [2.24, 2.45) is 11.7 Å². The molecule has 266 valence electrons. The van der Waals surface area contributed by atoms with Crippen LogP contribution in [0.1, 0.15) is 52.4 Å². The van der Waals surface area contributed by atoms with Crippen molar-refractivity contribution in [2.45, 2.75) is 132 Å². The Bertz CT molecular complexity index is 1330. The molecular formula is C34H47NO13. The maximum atomic E-state index is 12.3. The number of ether oxygens (including phenoxy) is 5. The molecule has 14 nitrogen and oxygen atoms in total. The Balaban J connectivity index is 1.39. The van der Waals surface area contributed by atoms with Crippen LogP contribution in [-0.4, -0.2) is 122 Å². The lowest BCUT2D eigenvalue weighted by Crippen LogP contribution is -2.61. The summed E-state index contributed by atoms with van der Waals surface area (Å²) in [5.74, 6) is -5.41. The number of hydrogen-bond donors (Lipinski definition) is 7. The first-order valence-electron chi connectivity index (χ1n) is 16.4. The number of fused-ring (bicyclic) bond motifs is 10. The van der Waals surface area contributed by atoms with Gasteiger partial charge in [0.1, 0.15) is 24.2 Å². The zero-order valence-corrected chi connectivity index (χ0v) is 27.0. The third kappa shape index (κ3) is 9.27. The largest absolute Gasteiger partial charge is 0.481 e. The monoisotopic (exact) mass is 677 g/mol. The van der Waals surface area contributed by atoms with Crippen molar-refractivity contribution in [1.82, 2.24) is 0 Å². The van der Waals surface area contributed by atoms with Crippen LogP contribution in [-0.2, 0) is 33.3 Å². The standard InChI is InChI=1S/C34H47NO13/c1-17-7-8-20-11-19(12-20)5-3-4-6-22(46-33-31(40)29(35)30(39)18(2)45-33)14-26-28(32(41)42)23(37)16-34(43,48-26)15-21(36)13-25-24(47-25)9-10-27(38)44-17/h3-6,8-11,17-18,21-26,28-31,33,36-37,39-40,43H,7,12-16,35H2,1-2H3,(H,41,42)/b5-3+,6-4+,10-9+,20-8-/t17-,18-,21+,22+,23+,24-,25+,26+,28-,29+,30-,31+,33+,34-/m1/s1. The summed E-state index contributed by atoms with van der Waals surface area (Å²) in [4.78, 5) is 24.6. The van der Waals surface area contributed by atoms with Gasteiger partial charge in [0.2, 0.25) is 0 Å². The van der Waals surface area contributed by atoms with E-state index in [0.29, 0.717) is 12.8 Å². The van der Waals surface area contributed by atoms with Crippen LogP contribution in [0.3, 0.4) is 0 Å². The van der Waals surface area contributed by atoms with Gasteiger partial charge in [-0.05, 0) is 37.5 Å². The molecule has 0 aromatic rings. The van der Waals surface area contributed by atoms with Crippen LogP contribution in [0.2, 0.25) is 0 Å². The Morgan fingerprint density at radius 1 is 0.979 bits per heavy atom. The quantitative estimate of drug-likeness (QED) is 0.157. The van der Waals surface area contributed by atoms with E-state index in [1.807, 2.05) is 18.2 Å². The molecule has 0 radical (unpaired) electrons. The summed E-state index contributed by atoms with van der Waals surface area (Å²) in [6.45, 7) is 3.38. The van der Waals surface area contributed by atoms with Gasteiger partial charge in [-0.1, -0.05) is 36.5 Å². The fourth-order valence-corrected chi connectivity index (χ4v) is 6.58. The van der Waals surface area contributed by atoms with E-state index in [2.05, 4.69) is 0 Å². The molecular weight excluding hydrogens is 630 g/mol. The number of hydrogen-bond acceptors (Lipinski definition) is 13. The molecule has 0 aromatic carbocycles. The van der Waals surface area contributed by atoms with E-state index in [-0.39, 0.29) is 25.4 Å². The van der Waals surface area contributed by atoms with Gasteiger partial charge < -0.3 is 60.1 Å². The van der Waals surface area contributed by atoms with Crippen molar-refractivity contribution in [3.8, 4) is 0 Å². The first-order valence-corrected chi connectivity index (χ1v) is 16.4. The van der Waals surface area contributed by atoms with E-state index in [9.17, 15) is 40.2 Å². The van der Waals surface area contributed by atoms with Crippen LogP contribution >= 0.6 is 0 Å². The molecule has 5 aliphatic heterocycles. The molecule has 4 bridgehead atoms. The van der Waals surface area contributed by atoms with E-state index in [4.69, 9.17) is 29.4 Å². The predicted molar refractivity (Wildman–Crippen MR) is 168 cm³/mol. The minimum absolute atomic E-state index is 0.0837. The number of esters is 1. The summed E-state index contributed by atoms with van der Waals surface area (Å²) in [5, 5.41) is 64.1. The number of epoxide rings is 1. The van der Waals surface area contributed by atoms with Crippen LogP contribution in [0.15, 0.2) is 59.8 Å². The Morgan fingerprint density at radius 3 is 2.46 bits per heavy atom. The highest BCUT2D eigenvalue weighted by molar-refractivity contribution is 5.82. The molecule has 3 saturated heterocycles. The molecule has 8 N–H and O–H groups in total. The van der Waals surface area contributed by atoms with Gasteiger partial charge in [-0.15, -0.1) is 0 Å². The lowest BCUT2D eigenvalue weighted by molar-refractivity contribution is -0.308. The number of carbonyl (C=O) groups excluding carboxylic acids is 1. The highest BCUT2D eigenvalue weighted by Gasteiger charge is 2.51.